The van der Waals surface area contributed by atoms with E-state index >= 15 is 0 Å². The third-order valence-corrected chi connectivity index (χ3v) is 2.88. The zero-order valence-electron chi connectivity index (χ0n) is 10.5. The number of nitrogens with zero attached hydrogens (tertiary/aromatic N) is 3. The minimum absolute atomic E-state index is 0.537. The molecule has 0 amide bonds. The van der Waals surface area contributed by atoms with E-state index in [1.807, 2.05) is 31.6 Å². The van der Waals surface area contributed by atoms with Gasteiger partial charge in [0.15, 0.2) is 0 Å². The second-order valence-electron chi connectivity index (χ2n) is 3.98. The van der Waals surface area contributed by atoms with Crippen molar-refractivity contribution in [3.05, 3.63) is 23.7 Å². The lowest BCUT2D eigenvalue weighted by Gasteiger charge is -2.07. The van der Waals surface area contributed by atoms with Crippen LogP contribution in [-0.4, -0.2) is 21.9 Å². The van der Waals surface area contributed by atoms with Gasteiger partial charge in [-0.3, -0.25) is 9.67 Å². The highest BCUT2D eigenvalue weighted by Gasteiger charge is 2.14. The summed E-state index contributed by atoms with van der Waals surface area (Å²) in [5.74, 6) is 0.637. The first kappa shape index (κ1) is 11.4. The maximum atomic E-state index is 5.75. The van der Waals surface area contributed by atoms with Crippen LogP contribution in [0.1, 0.15) is 11.4 Å². The van der Waals surface area contributed by atoms with Crippen molar-refractivity contribution in [1.29, 1.82) is 0 Å². The minimum Gasteiger partial charge on any atom is -0.494 e. The largest absolute Gasteiger partial charge is 0.494 e. The van der Waals surface area contributed by atoms with E-state index in [0.717, 1.165) is 22.6 Å². The van der Waals surface area contributed by atoms with E-state index in [9.17, 15) is 0 Å². The smallest absolute Gasteiger partial charge is 0.145 e. The van der Waals surface area contributed by atoms with Crippen molar-refractivity contribution >= 4 is 5.69 Å². The molecule has 0 bridgehead atoms. The fraction of sp³-hybridized carbons (Fsp3) is 0.333. The Labute approximate surface area is 100 Å². The Morgan fingerprint density at radius 2 is 2.06 bits per heavy atom. The second-order valence-corrected chi connectivity index (χ2v) is 3.98. The number of rotatable bonds is 2. The van der Waals surface area contributed by atoms with Gasteiger partial charge in [-0.15, -0.1) is 0 Å². The highest BCUT2D eigenvalue weighted by atomic mass is 16.5. The van der Waals surface area contributed by atoms with Crippen LogP contribution >= 0.6 is 0 Å². The molecule has 0 unspecified atom stereocenters. The average Bonchev–Trinajstić information content (AvgIpc) is 2.55. The Bertz CT molecular complexity index is 560. The molecule has 0 spiro atoms. The zero-order valence-corrected chi connectivity index (χ0v) is 10.5. The van der Waals surface area contributed by atoms with E-state index in [0.29, 0.717) is 11.4 Å². The molecule has 0 atom stereocenters. The number of ether oxygens (including phenoxy) is 1. The lowest BCUT2D eigenvalue weighted by molar-refractivity contribution is 0.416. The Morgan fingerprint density at radius 3 is 2.59 bits per heavy atom. The van der Waals surface area contributed by atoms with E-state index in [1.54, 1.807) is 13.3 Å². The first-order valence-electron chi connectivity index (χ1n) is 5.34. The van der Waals surface area contributed by atoms with Gasteiger partial charge in [0.1, 0.15) is 5.75 Å². The van der Waals surface area contributed by atoms with Gasteiger partial charge in [0.2, 0.25) is 0 Å². The lowest BCUT2D eigenvalue weighted by Crippen LogP contribution is -1.96. The number of pyridine rings is 1. The Hall–Kier alpha value is -2.04. The molecule has 0 aliphatic carbocycles. The van der Waals surface area contributed by atoms with Crippen molar-refractivity contribution in [3.63, 3.8) is 0 Å². The average molecular weight is 232 g/mol. The molecule has 0 saturated carbocycles. The van der Waals surface area contributed by atoms with Gasteiger partial charge in [-0.1, -0.05) is 0 Å². The summed E-state index contributed by atoms with van der Waals surface area (Å²) in [7, 11) is 3.51. The lowest BCUT2D eigenvalue weighted by atomic mass is 10.1. The number of hydrogen-bond acceptors (Lipinski definition) is 4. The van der Waals surface area contributed by atoms with Crippen LogP contribution in [0.3, 0.4) is 0 Å². The molecule has 2 aromatic rings. The summed E-state index contributed by atoms with van der Waals surface area (Å²) in [6.45, 7) is 3.98. The molecular weight excluding hydrogens is 216 g/mol. The molecule has 0 saturated heterocycles. The number of nitrogens with two attached hydrogens (primary N) is 1. The van der Waals surface area contributed by atoms with Crippen LogP contribution in [0.25, 0.3) is 11.3 Å². The van der Waals surface area contributed by atoms with E-state index in [1.165, 1.54) is 0 Å². The molecule has 17 heavy (non-hydrogen) atoms. The van der Waals surface area contributed by atoms with E-state index in [-0.39, 0.29) is 0 Å². The molecule has 0 aliphatic heterocycles. The molecular formula is C12H16N4O. The standard InChI is InChI=1S/C12H16N4O/c1-7-12(8(2)16(3)15-7)10-5-11(17-4)9(13)6-14-10/h5-6H,13H2,1-4H3. The maximum Gasteiger partial charge on any atom is 0.145 e. The zero-order chi connectivity index (χ0) is 12.6. The number of anilines is 1. The van der Waals surface area contributed by atoms with Crippen molar-refractivity contribution in [1.82, 2.24) is 14.8 Å². The van der Waals surface area contributed by atoms with Crippen LogP contribution < -0.4 is 10.5 Å². The van der Waals surface area contributed by atoms with Gasteiger partial charge in [0.25, 0.3) is 0 Å². The molecule has 5 heteroatoms. The number of nitrogen functional groups attached to an aromatic ring is 1. The third-order valence-electron chi connectivity index (χ3n) is 2.88. The molecule has 90 valence electrons. The van der Waals surface area contributed by atoms with Crippen LogP contribution in [0.5, 0.6) is 5.75 Å². The summed E-state index contributed by atoms with van der Waals surface area (Å²) in [4.78, 5) is 4.33. The summed E-state index contributed by atoms with van der Waals surface area (Å²) in [6, 6.07) is 1.84. The Balaban J connectivity index is 2.60. The number of aryl methyl sites for hydroxylation is 2. The monoisotopic (exact) mass is 232 g/mol. The fourth-order valence-electron chi connectivity index (χ4n) is 1.91. The number of aromatic nitrogens is 3. The van der Waals surface area contributed by atoms with Crippen LogP contribution in [0.4, 0.5) is 5.69 Å². The predicted molar refractivity (Wildman–Crippen MR) is 66.9 cm³/mol. The van der Waals surface area contributed by atoms with Gasteiger partial charge < -0.3 is 10.5 Å². The molecule has 0 fully saturated rings. The van der Waals surface area contributed by atoms with Crippen molar-refractivity contribution < 1.29 is 4.74 Å². The molecule has 2 aromatic heterocycles. The van der Waals surface area contributed by atoms with Crippen molar-refractivity contribution in [2.24, 2.45) is 7.05 Å². The van der Waals surface area contributed by atoms with Crippen molar-refractivity contribution in [3.8, 4) is 17.0 Å². The summed E-state index contributed by atoms with van der Waals surface area (Å²) in [5, 5.41) is 4.37. The highest BCUT2D eigenvalue weighted by Crippen LogP contribution is 2.30. The summed E-state index contributed by atoms with van der Waals surface area (Å²) in [5.41, 5.74) is 10.2. The molecule has 0 aromatic carbocycles. The normalized spacial score (nSPS) is 10.6. The number of methoxy groups -OCH3 is 1. The highest BCUT2D eigenvalue weighted by molar-refractivity contribution is 5.69. The quantitative estimate of drug-likeness (QED) is 0.855. The summed E-state index contributed by atoms with van der Waals surface area (Å²) in [6.07, 6.45) is 1.61. The van der Waals surface area contributed by atoms with Gasteiger partial charge in [-0.05, 0) is 13.8 Å². The minimum atomic E-state index is 0.537. The second kappa shape index (κ2) is 4.08. The van der Waals surface area contributed by atoms with Gasteiger partial charge in [0.05, 0.1) is 30.4 Å². The summed E-state index contributed by atoms with van der Waals surface area (Å²) < 4.78 is 7.04. The number of hydrogen-bond donors (Lipinski definition) is 1. The van der Waals surface area contributed by atoms with Crippen LogP contribution in [0.15, 0.2) is 12.3 Å². The fourth-order valence-corrected chi connectivity index (χ4v) is 1.91. The molecule has 0 aliphatic rings. The SMILES string of the molecule is COc1cc(-c2c(C)nn(C)c2C)ncc1N. The molecule has 2 N–H and O–H groups in total. The Morgan fingerprint density at radius 1 is 1.35 bits per heavy atom. The summed E-state index contributed by atoms with van der Waals surface area (Å²) >= 11 is 0. The van der Waals surface area contributed by atoms with E-state index in [4.69, 9.17) is 10.5 Å². The molecule has 0 radical (unpaired) electrons. The van der Waals surface area contributed by atoms with Crippen LogP contribution in [0.2, 0.25) is 0 Å². The van der Waals surface area contributed by atoms with Crippen LogP contribution in [0, 0.1) is 13.8 Å². The molecule has 2 heterocycles. The third kappa shape index (κ3) is 1.84. The first-order chi connectivity index (χ1) is 8.04. The predicted octanol–water partition coefficient (Wildman–Crippen LogP) is 1.69. The molecule has 2 rings (SSSR count). The first-order valence-corrected chi connectivity index (χ1v) is 5.34. The van der Waals surface area contributed by atoms with Gasteiger partial charge in [-0.25, -0.2) is 0 Å². The van der Waals surface area contributed by atoms with Gasteiger partial charge >= 0.3 is 0 Å². The van der Waals surface area contributed by atoms with Crippen molar-refractivity contribution in [2.45, 2.75) is 13.8 Å². The van der Waals surface area contributed by atoms with E-state index < -0.39 is 0 Å². The van der Waals surface area contributed by atoms with Crippen molar-refractivity contribution in [2.75, 3.05) is 12.8 Å². The maximum absolute atomic E-state index is 5.75. The van der Waals surface area contributed by atoms with E-state index in [2.05, 4.69) is 10.1 Å². The Kier molecular flexibility index (Phi) is 2.75. The molecule has 5 nitrogen and oxygen atoms in total. The van der Waals surface area contributed by atoms with Gasteiger partial charge in [0, 0.05) is 24.4 Å². The topological polar surface area (TPSA) is 66.0 Å². The van der Waals surface area contributed by atoms with Crippen LogP contribution in [-0.2, 0) is 7.05 Å². The van der Waals surface area contributed by atoms with Gasteiger partial charge in [-0.2, -0.15) is 5.10 Å².